The van der Waals surface area contributed by atoms with Crippen LogP contribution in [0.2, 0.25) is 0 Å². The minimum absolute atomic E-state index is 0.0846. The van der Waals surface area contributed by atoms with Crippen LogP contribution in [-0.4, -0.2) is 76.6 Å². The zero-order valence-corrected chi connectivity index (χ0v) is 16.2. The molecule has 3 N–H and O–H groups in total. The molecule has 27 heavy (non-hydrogen) atoms. The standard InChI is InChI=1S/C19H29N7O/c1-3-26-16-15(23-18(26)20)10-14(11-21-16)17(27)22-12-19(4-5-19)13-25-8-6-24(2)7-9-25/h10-11H,3-9,12-13H2,1-2H3,(H2,20,23)(H,22,27). The van der Waals surface area contributed by atoms with E-state index in [0.717, 1.165) is 44.9 Å². The number of amides is 1. The van der Waals surface area contributed by atoms with Crippen LogP contribution in [0.15, 0.2) is 12.3 Å². The fourth-order valence-corrected chi connectivity index (χ4v) is 3.88. The van der Waals surface area contributed by atoms with E-state index in [9.17, 15) is 4.79 Å². The Kier molecular flexibility index (Phi) is 4.77. The Morgan fingerprint density at radius 3 is 2.70 bits per heavy atom. The second-order valence-corrected chi connectivity index (χ2v) is 8.04. The van der Waals surface area contributed by atoms with E-state index in [1.807, 2.05) is 11.5 Å². The lowest BCUT2D eigenvalue weighted by Gasteiger charge is -2.34. The number of nitrogens with zero attached hydrogens (tertiary/aromatic N) is 5. The minimum atomic E-state index is -0.0846. The Labute approximate surface area is 159 Å². The van der Waals surface area contributed by atoms with Crippen LogP contribution in [0.4, 0.5) is 5.95 Å². The lowest BCUT2D eigenvalue weighted by atomic mass is 10.1. The highest BCUT2D eigenvalue weighted by Gasteiger charge is 2.44. The van der Waals surface area contributed by atoms with E-state index in [0.29, 0.717) is 23.6 Å². The molecule has 0 unspecified atom stereocenters. The molecular weight excluding hydrogens is 342 g/mol. The number of rotatable bonds is 6. The SMILES string of the molecule is CCn1c(N)nc2cc(C(=O)NCC3(CN4CCN(C)CC4)CC3)cnc21. The Hall–Kier alpha value is -2.19. The molecule has 2 aromatic heterocycles. The zero-order chi connectivity index (χ0) is 19.0. The maximum absolute atomic E-state index is 12.6. The van der Waals surface area contributed by atoms with Crippen molar-refractivity contribution < 1.29 is 4.79 Å². The van der Waals surface area contributed by atoms with Crippen LogP contribution >= 0.6 is 0 Å². The molecule has 0 bridgehead atoms. The highest BCUT2D eigenvalue weighted by molar-refractivity contribution is 5.96. The second-order valence-electron chi connectivity index (χ2n) is 8.04. The van der Waals surface area contributed by atoms with E-state index >= 15 is 0 Å². The van der Waals surface area contributed by atoms with E-state index in [-0.39, 0.29) is 11.3 Å². The van der Waals surface area contributed by atoms with Crippen LogP contribution in [0.5, 0.6) is 0 Å². The van der Waals surface area contributed by atoms with Gasteiger partial charge in [0.1, 0.15) is 5.52 Å². The van der Waals surface area contributed by atoms with Crippen molar-refractivity contribution in [1.82, 2.24) is 29.7 Å². The van der Waals surface area contributed by atoms with Gasteiger partial charge in [0.25, 0.3) is 5.91 Å². The first kappa shape index (κ1) is 18.2. The summed E-state index contributed by atoms with van der Waals surface area (Å²) in [6.07, 6.45) is 3.99. The van der Waals surface area contributed by atoms with Gasteiger partial charge in [-0.25, -0.2) is 9.97 Å². The van der Waals surface area contributed by atoms with Crippen LogP contribution in [0.25, 0.3) is 11.2 Å². The summed E-state index contributed by atoms with van der Waals surface area (Å²) >= 11 is 0. The maximum Gasteiger partial charge on any atom is 0.252 e. The van der Waals surface area contributed by atoms with Gasteiger partial charge >= 0.3 is 0 Å². The van der Waals surface area contributed by atoms with Gasteiger partial charge < -0.3 is 20.9 Å². The first-order valence-electron chi connectivity index (χ1n) is 9.80. The van der Waals surface area contributed by atoms with Crippen LogP contribution in [-0.2, 0) is 6.54 Å². The predicted octanol–water partition coefficient (Wildman–Crippen LogP) is 0.791. The lowest BCUT2D eigenvalue weighted by Crippen LogP contribution is -2.47. The van der Waals surface area contributed by atoms with E-state index < -0.39 is 0 Å². The molecule has 0 aromatic carbocycles. The number of hydrogen-bond donors (Lipinski definition) is 2. The van der Waals surface area contributed by atoms with Crippen LogP contribution in [0.3, 0.4) is 0 Å². The number of fused-ring (bicyclic) bond motifs is 1. The van der Waals surface area contributed by atoms with E-state index in [1.165, 1.54) is 12.8 Å². The topological polar surface area (TPSA) is 92.3 Å². The van der Waals surface area contributed by atoms with E-state index in [4.69, 9.17) is 5.73 Å². The number of likely N-dealkylation sites (N-methyl/N-ethyl adjacent to an activating group) is 1. The van der Waals surface area contributed by atoms with Crippen molar-refractivity contribution in [3.05, 3.63) is 17.8 Å². The predicted molar refractivity (Wildman–Crippen MR) is 106 cm³/mol. The average molecular weight is 371 g/mol. The number of aromatic nitrogens is 3. The number of pyridine rings is 1. The molecular formula is C19H29N7O. The Morgan fingerprint density at radius 1 is 1.30 bits per heavy atom. The zero-order valence-electron chi connectivity index (χ0n) is 16.2. The Morgan fingerprint density at radius 2 is 2.04 bits per heavy atom. The van der Waals surface area contributed by atoms with Crippen LogP contribution < -0.4 is 11.1 Å². The van der Waals surface area contributed by atoms with Gasteiger partial charge in [0.2, 0.25) is 5.95 Å². The highest BCUT2D eigenvalue weighted by atomic mass is 16.1. The molecule has 1 saturated heterocycles. The molecule has 2 fully saturated rings. The van der Waals surface area contributed by atoms with E-state index in [2.05, 4.69) is 32.1 Å². The third-order valence-corrected chi connectivity index (χ3v) is 5.93. The molecule has 1 aliphatic carbocycles. The molecule has 2 aromatic rings. The normalized spacial score (nSPS) is 20.1. The van der Waals surface area contributed by atoms with Crippen LogP contribution in [0.1, 0.15) is 30.1 Å². The monoisotopic (exact) mass is 371 g/mol. The number of anilines is 1. The smallest absolute Gasteiger partial charge is 0.252 e. The van der Waals surface area contributed by atoms with Gasteiger partial charge in [-0.2, -0.15) is 0 Å². The first-order valence-corrected chi connectivity index (χ1v) is 9.80. The summed E-state index contributed by atoms with van der Waals surface area (Å²) in [4.78, 5) is 26.2. The lowest BCUT2D eigenvalue weighted by molar-refractivity contribution is 0.0926. The average Bonchev–Trinajstić information content (AvgIpc) is 3.35. The molecule has 1 amide bonds. The summed E-state index contributed by atoms with van der Waals surface area (Å²) in [5.41, 5.74) is 8.09. The number of nitrogens with two attached hydrogens (primary N) is 1. The van der Waals surface area contributed by atoms with Crippen molar-refractivity contribution in [3.8, 4) is 0 Å². The Balaban J connectivity index is 1.37. The fraction of sp³-hybridized carbons (Fsp3) is 0.632. The summed E-state index contributed by atoms with van der Waals surface area (Å²) in [5, 5.41) is 3.12. The van der Waals surface area contributed by atoms with Crippen molar-refractivity contribution in [2.45, 2.75) is 26.3 Å². The number of nitrogen functional groups attached to an aromatic ring is 1. The molecule has 0 spiro atoms. The van der Waals surface area contributed by atoms with Crippen molar-refractivity contribution in [2.24, 2.45) is 5.41 Å². The number of carbonyl (C=O) groups excluding carboxylic acids is 1. The van der Waals surface area contributed by atoms with Gasteiger partial charge in [-0.15, -0.1) is 0 Å². The molecule has 8 heteroatoms. The largest absolute Gasteiger partial charge is 0.369 e. The van der Waals surface area contributed by atoms with Crippen molar-refractivity contribution in [3.63, 3.8) is 0 Å². The molecule has 0 radical (unpaired) electrons. The quantitative estimate of drug-likeness (QED) is 0.780. The van der Waals surface area contributed by atoms with Gasteiger partial charge in [0.15, 0.2) is 5.65 Å². The summed E-state index contributed by atoms with van der Waals surface area (Å²) in [6.45, 7) is 8.99. The number of hydrogen-bond acceptors (Lipinski definition) is 6. The highest BCUT2D eigenvalue weighted by Crippen LogP contribution is 2.45. The summed E-state index contributed by atoms with van der Waals surface area (Å²) in [5.74, 6) is 0.348. The molecule has 3 heterocycles. The number of aryl methyl sites for hydroxylation is 1. The number of carbonyl (C=O) groups is 1. The fourth-order valence-electron chi connectivity index (χ4n) is 3.88. The maximum atomic E-state index is 12.6. The van der Waals surface area contributed by atoms with Gasteiger partial charge in [0, 0.05) is 57.4 Å². The molecule has 1 aliphatic heterocycles. The van der Waals surface area contributed by atoms with Crippen LogP contribution in [0, 0.1) is 5.41 Å². The number of nitrogens with one attached hydrogen (secondary N) is 1. The third-order valence-electron chi connectivity index (χ3n) is 5.93. The number of piperazine rings is 1. The van der Waals surface area contributed by atoms with Gasteiger partial charge in [-0.05, 0) is 32.9 Å². The summed E-state index contributed by atoms with van der Waals surface area (Å²) in [7, 11) is 2.17. The van der Waals surface area contributed by atoms with Crippen molar-refractivity contribution in [1.29, 1.82) is 0 Å². The molecule has 146 valence electrons. The van der Waals surface area contributed by atoms with E-state index in [1.54, 1.807) is 12.3 Å². The Bertz CT molecular complexity index is 834. The molecule has 8 nitrogen and oxygen atoms in total. The van der Waals surface area contributed by atoms with Gasteiger partial charge in [0.05, 0.1) is 5.56 Å². The molecule has 4 rings (SSSR count). The summed E-state index contributed by atoms with van der Waals surface area (Å²) < 4.78 is 1.84. The second kappa shape index (κ2) is 7.09. The van der Waals surface area contributed by atoms with Gasteiger partial charge in [-0.3, -0.25) is 9.36 Å². The van der Waals surface area contributed by atoms with Crippen molar-refractivity contribution >= 4 is 23.0 Å². The van der Waals surface area contributed by atoms with Gasteiger partial charge in [-0.1, -0.05) is 0 Å². The molecule has 2 aliphatic rings. The number of imidazole rings is 1. The molecule has 0 atom stereocenters. The minimum Gasteiger partial charge on any atom is -0.369 e. The first-order chi connectivity index (χ1) is 13.0. The molecule has 1 saturated carbocycles. The third kappa shape index (κ3) is 3.77. The van der Waals surface area contributed by atoms with Crippen molar-refractivity contribution in [2.75, 3.05) is 52.0 Å². The summed E-state index contributed by atoms with van der Waals surface area (Å²) in [6, 6.07) is 1.78.